The first-order valence-corrected chi connectivity index (χ1v) is 6.72. The number of ether oxygens (including phenoxy) is 2. The van der Waals surface area contributed by atoms with Crippen molar-refractivity contribution in [3.63, 3.8) is 0 Å². The van der Waals surface area contributed by atoms with Gasteiger partial charge in [-0.25, -0.2) is 0 Å². The first kappa shape index (κ1) is 14.2. The van der Waals surface area contributed by atoms with Crippen molar-refractivity contribution in [3.05, 3.63) is 35.9 Å². The first-order valence-electron chi connectivity index (χ1n) is 6.72. The first-order chi connectivity index (χ1) is 8.97. The molecule has 0 saturated heterocycles. The highest BCUT2D eigenvalue weighted by Crippen LogP contribution is 2.46. The van der Waals surface area contributed by atoms with Gasteiger partial charge in [0, 0.05) is 24.5 Å². The van der Waals surface area contributed by atoms with Crippen LogP contribution in [-0.2, 0) is 15.4 Å². The third kappa shape index (κ3) is 2.19. The Balaban J connectivity index is 2.41. The zero-order valence-corrected chi connectivity index (χ0v) is 12.3. The molecular weight excluding hydrogens is 240 g/mol. The van der Waals surface area contributed by atoms with Crippen molar-refractivity contribution in [1.29, 1.82) is 0 Å². The number of methoxy groups -OCH3 is 1. The third-order valence-corrected chi connectivity index (χ3v) is 3.71. The Hall–Kier alpha value is -1.26. The predicted octanol–water partition coefficient (Wildman–Crippen LogP) is 3.93. The molecule has 1 unspecified atom stereocenters. The van der Waals surface area contributed by atoms with Crippen LogP contribution in [0.5, 0.6) is 0 Å². The monoisotopic (exact) mass is 262 g/mol. The number of benzene rings is 1. The molecule has 1 heterocycles. The van der Waals surface area contributed by atoms with E-state index in [1.807, 2.05) is 30.3 Å². The van der Waals surface area contributed by atoms with Gasteiger partial charge < -0.3 is 4.74 Å². The van der Waals surface area contributed by atoms with E-state index in [-0.39, 0.29) is 11.8 Å². The maximum Gasteiger partial charge on any atom is 0.317 e. The maximum absolute atomic E-state index is 6.24. The minimum atomic E-state index is -1.12. The summed E-state index contributed by atoms with van der Waals surface area (Å²) >= 11 is 0. The number of nitrogens with zero attached hydrogens (tertiary/aromatic N) is 2. The Morgan fingerprint density at radius 3 is 2.00 bits per heavy atom. The van der Waals surface area contributed by atoms with Gasteiger partial charge in [-0.1, -0.05) is 58.0 Å². The van der Waals surface area contributed by atoms with Crippen LogP contribution in [0.15, 0.2) is 40.6 Å². The number of hydrogen-bond acceptors (Lipinski definition) is 4. The van der Waals surface area contributed by atoms with E-state index in [0.717, 1.165) is 5.56 Å². The van der Waals surface area contributed by atoms with Crippen molar-refractivity contribution in [1.82, 2.24) is 0 Å². The second-order valence-corrected chi connectivity index (χ2v) is 5.52. The van der Waals surface area contributed by atoms with Gasteiger partial charge in [0.2, 0.25) is 0 Å². The minimum absolute atomic E-state index is 0.219. The topological polar surface area (TPSA) is 43.2 Å². The molecule has 0 aromatic heterocycles. The van der Waals surface area contributed by atoms with Gasteiger partial charge in [-0.3, -0.25) is 4.74 Å². The smallest absolute Gasteiger partial charge is 0.317 e. The molecule has 0 saturated carbocycles. The molecule has 19 heavy (non-hydrogen) atoms. The van der Waals surface area contributed by atoms with Crippen molar-refractivity contribution in [2.24, 2.45) is 22.1 Å². The van der Waals surface area contributed by atoms with Crippen LogP contribution in [0.2, 0.25) is 0 Å². The summed E-state index contributed by atoms with van der Waals surface area (Å²) in [7, 11) is 1.60. The number of azo groups is 1. The summed E-state index contributed by atoms with van der Waals surface area (Å²) < 4.78 is 11.8. The highest BCUT2D eigenvalue weighted by Gasteiger charge is 2.53. The summed E-state index contributed by atoms with van der Waals surface area (Å²) in [6, 6.07) is 9.73. The van der Waals surface area contributed by atoms with Crippen molar-refractivity contribution < 1.29 is 9.47 Å². The van der Waals surface area contributed by atoms with Crippen LogP contribution in [0.4, 0.5) is 0 Å². The van der Waals surface area contributed by atoms with Gasteiger partial charge in [0.25, 0.3) is 0 Å². The average molecular weight is 262 g/mol. The summed E-state index contributed by atoms with van der Waals surface area (Å²) in [6.07, 6.45) is 0. The zero-order valence-electron chi connectivity index (χ0n) is 12.3. The lowest BCUT2D eigenvalue weighted by Gasteiger charge is -2.36. The van der Waals surface area contributed by atoms with Crippen LogP contribution in [0.3, 0.4) is 0 Å². The Kier molecular flexibility index (Phi) is 3.74. The molecule has 104 valence electrons. The molecule has 4 heteroatoms. The van der Waals surface area contributed by atoms with Gasteiger partial charge >= 0.3 is 5.91 Å². The molecule has 2 rings (SSSR count). The molecule has 1 aromatic carbocycles. The fraction of sp³-hybridized carbons (Fsp3) is 0.600. The van der Waals surface area contributed by atoms with E-state index < -0.39 is 11.6 Å². The van der Waals surface area contributed by atoms with Crippen LogP contribution in [-0.4, -0.2) is 12.8 Å². The van der Waals surface area contributed by atoms with Crippen LogP contribution < -0.4 is 0 Å². The molecule has 1 aliphatic heterocycles. The highest BCUT2D eigenvalue weighted by atomic mass is 16.7. The van der Waals surface area contributed by atoms with Crippen LogP contribution >= 0.6 is 0 Å². The van der Waals surface area contributed by atoms with Gasteiger partial charge in [-0.05, 0) is 0 Å². The predicted molar refractivity (Wildman–Crippen MR) is 73.5 cm³/mol. The minimum Gasteiger partial charge on any atom is -0.330 e. The second kappa shape index (κ2) is 5.02. The van der Waals surface area contributed by atoms with Crippen molar-refractivity contribution in [3.8, 4) is 0 Å². The molecular formula is C15H22N2O2. The normalized spacial score (nSPS) is 25.4. The van der Waals surface area contributed by atoms with Crippen molar-refractivity contribution in [2.75, 3.05) is 7.11 Å². The molecule has 0 bridgehead atoms. The lowest BCUT2D eigenvalue weighted by atomic mass is 9.89. The molecule has 0 N–H and O–H groups in total. The molecule has 0 aliphatic carbocycles. The van der Waals surface area contributed by atoms with E-state index in [1.54, 1.807) is 7.11 Å². The molecule has 0 amide bonds. The highest BCUT2D eigenvalue weighted by molar-refractivity contribution is 5.21. The van der Waals surface area contributed by atoms with Gasteiger partial charge in [0.05, 0.1) is 0 Å². The summed E-state index contributed by atoms with van der Waals surface area (Å²) in [5.41, 5.74) is 0.232. The van der Waals surface area contributed by atoms with Gasteiger partial charge in [-0.15, -0.1) is 5.11 Å². The van der Waals surface area contributed by atoms with E-state index in [1.165, 1.54) is 0 Å². The quantitative estimate of drug-likeness (QED) is 0.825. The van der Waals surface area contributed by atoms with Crippen molar-refractivity contribution >= 4 is 0 Å². The molecule has 4 nitrogen and oxygen atoms in total. The van der Waals surface area contributed by atoms with Crippen LogP contribution in [0, 0.1) is 11.8 Å². The molecule has 0 fully saturated rings. The second-order valence-electron chi connectivity index (χ2n) is 5.52. The largest absolute Gasteiger partial charge is 0.330 e. The van der Waals surface area contributed by atoms with E-state index in [0.29, 0.717) is 0 Å². The maximum atomic E-state index is 6.24. The van der Waals surface area contributed by atoms with Gasteiger partial charge in [-0.2, -0.15) is 5.11 Å². The molecule has 0 spiro atoms. The zero-order chi connectivity index (χ0) is 14.1. The number of rotatable bonds is 4. The lowest BCUT2D eigenvalue weighted by molar-refractivity contribution is -0.275. The van der Waals surface area contributed by atoms with Gasteiger partial charge in [0.1, 0.15) is 0 Å². The molecule has 1 aromatic rings. The Bertz CT molecular complexity index is 448. The average Bonchev–Trinajstić information content (AvgIpc) is 2.82. The lowest BCUT2D eigenvalue weighted by Crippen LogP contribution is -2.44. The van der Waals surface area contributed by atoms with E-state index in [9.17, 15) is 0 Å². The third-order valence-electron chi connectivity index (χ3n) is 3.71. The van der Waals surface area contributed by atoms with Crippen molar-refractivity contribution in [2.45, 2.75) is 39.3 Å². The summed E-state index contributed by atoms with van der Waals surface area (Å²) in [6.45, 7) is 8.37. The van der Waals surface area contributed by atoms with E-state index >= 15 is 0 Å². The molecule has 0 radical (unpaired) electrons. The Labute approximate surface area is 114 Å². The standard InChI is InChI=1S/C15H22N2O2/c1-11(2)14(12(3)4)16-17-15(18-5,19-14)13-9-7-6-8-10-13/h6-12H,1-5H3. The Morgan fingerprint density at radius 2 is 1.58 bits per heavy atom. The SMILES string of the molecule is COC1(c2ccccc2)N=NC(C(C)C)(C(C)C)O1. The molecule has 1 aliphatic rings. The summed E-state index contributed by atoms with van der Waals surface area (Å²) in [4.78, 5) is 0. The van der Waals surface area contributed by atoms with E-state index in [4.69, 9.17) is 9.47 Å². The summed E-state index contributed by atoms with van der Waals surface area (Å²) in [5, 5.41) is 8.78. The van der Waals surface area contributed by atoms with Crippen LogP contribution in [0.1, 0.15) is 33.3 Å². The van der Waals surface area contributed by atoms with Crippen LogP contribution in [0.25, 0.3) is 0 Å². The molecule has 1 atom stereocenters. The fourth-order valence-corrected chi connectivity index (χ4v) is 2.51. The van der Waals surface area contributed by atoms with Gasteiger partial charge in [0.15, 0.2) is 5.72 Å². The van der Waals surface area contributed by atoms with E-state index in [2.05, 4.69) is 37.9 Å². The fourth-order valence-electron chi connectivity index (χ4n) is 2.51. The number of hydrogen-bond donors (Lipinski definition) is 0. The summed E-state index contributed by atoms with van der Waals surface area (Å²) in [5.74, 6) is -0.676. The Morgan fingerprint density at radius 1 is 1.00 bits per heavy atom.